The number of nitrogens with zero attached hydrogens (tertiary/aromatic N) is 2. The Morgan fingerprint density at radius 3 is 2.89 bits per heavy atom. The van der Waals surface area contributed by atoms with Crippen LogP contribution in [0.4, 0.5) is 4.39 Å². The monoisotopic (exact) mass is 281 g/mol. The molecule has 1 aromatic carbocycles. The van der Waals surface area contributed by atoms with Crippen LogP contribution in [0.25, 0.3) is 10.6 Å². The van der Waals surface area contributed by atoms with E-state index in [1.54, 1.807) is 12.1 Å². The Kier molecular flexibility index (Phi) is 4.81. The Balaban J connectivity index is 2.11. The molecule has 0 unspecified atom stereocenters. The van der Waals surface area contributed by atoms with E-state index < -0.39 is 0 Å². The van der Waals surface area contributed by atoms with E-state index in [1.165, 1.54) is 24.5 Å². The lowest BCUT2D eigenvalue weighted by Crippen LogP contribution is -2.15. The Morgan fingerprint density at radius 2 is 2.21 bits per heavy atom. The van der Waals surface area contributed by atoms with E-state index in [-0.39, 0.29) is 11.6 Å². The van der Waals surface area contributed by atoms with Crippen molar-refractivity contribution in [1.29, 1.82) is 0 Å². The first-order valence-corrected chi connectivity index (χ1v) is 6.93. The zero-order valence-corrected chi connectivity index (χ0v) is 11.8. The number of halogens is 1. The van der Waals surface area contributed by atoms with E-state index in [0.717, 1.165) is 35.1 Å². The van der Waals surface area contributed by atoms with Crippen LogP contribution in [0.1, 0.15) is 11.9 Å². The molecule has 1 aromatic heterocycles. The molecule has 6 heteroatoms. The fourth-order valence-corrected chi connectivity index (χ4v) is 2.48. The maximum Gasteiger partial charge on any atom is 0.165 e. The quantitative estimate of drug-likeness (QED) is 0.826. The number of ether oxygens (including phenoxy) is 1. The summed E-state index contributed by atoms with van der Waals surface area (Å²) in [6.07, 6.45) is 0.837. The molecule has 0 amide bonds. The molecule has 0 radical (unpaired) electrons. The van der Waals surface area contributed by atoms with Crippen molar-refractivity contribution in [3.05, 3.63) is 29.0 Å². The molecule has 1 N–H and O–H groups in total. The summed E-state index contributed by atoms with van der Waals surface area (Å²) in [5.74, 6) is -0.148. The van der Waals surface area contributed by atoms with E-state index in [2.05, 4.69) is 22.4 Å². The van der Waals surface area contributed by atoms with Crippen LogP contribution in [0.2, 0.25) is 0 Å². The van der Waals surface area contributed by atoms with Gasteiger partial charge >= 0.3 is 0 Å². The van der Waals surface area contributed by atoms with Crippen molar-refractivity contribution in [2.45, 2.75) is 13.3 Å². The second-order valence-electron chi connectivity index (χ2n) is 3.95. The molecule has 1 heterocycles. The average Bonchev–Trinajstić information content (AvgIpc) is 2.88. The maximum absolute atomic E-state index is 13.6. The van der Waals surface area contributed by atoms with Crippen LogP contribution < -0.4 is 10.1 Å². The molecule has 0 spiro atoms. The summed E-state index contributed by atoms with van der Waals surface area (Å²) in [5, 5.41) is 13.1. The van der Waals surface area contributed by atoms with Gasteiger partial charge in [0.25, 0.3) is 0 Å². The molecule has 0 saturated heterocycles. The molecule has 0 bridgehead atoms. The number of rotatable bonds is 6. The summed E-state index contributed by atoms with van der Waals surface area (Å²) in [7, 11) is 1.45. The molecule has 19 heavy (non-hydrogen) atoms. The lowest BCUT2D eigenvalue weighted by Gasteiger charge is -2.02. The Labute approximate surface area is 115 Å². The predicted octanol–water partition coefficient (Wildman–Crippen LogP) is 2.50. The van der Waals surface area contributed by atoms with Crippen molar-refractivity contribution in [2.75, 3.05) is 20.2 Å². The van der Waals surface area contributed by atoms with Crippen molar-refractivity contribution in [3.8, 4) is 16.3 Å². The van der Waals surface area contributed by atoms with Crippen LogP contribution in [0.5, 0.6) is 5.75 Å². The van der Waals surface area contributed by atoms with E-state index in [4.69, 9.17) is 4.74 Å². The van der Waals surface area contributed by atoms with Crippen LogP contribution in [-0.4, -0.2) is 30.4 Å². The molecular formula is C13H16FN3OS. The van der Waals surface area contributed by atoms with Gasteiger partial charge in [0.05, 0.1) is 7.11 Å². The molecule has 0 fully saturated rings. The van der Waals surface area contributed by atoms with Gasteiger partial charge in [0, 0.05) is 18.5 Å². The minimum atomic E-state index is -0.385. The fraction of sp³-hybridized carbons (Fsp3) is 0.385. The topological polar surface area (TPSA) is 47.0 Å². The molecule has 0 saturated carbocycles. The predicted molar refractivity (Wildman–Crippen MR) is 74.1 cm³/mol. The number of likely N-dealkylation sites (N-methyl/N-ethyl adjacent to an activating group) is 1. The van der Waals surface area contributed by atoms with Crippen LogP contribution >= 0.6 is 11.3 Å². The molecule has 0 aliphatic rings. The molecule has 0 aliphatic carbocycles. The smallest absolute Gasteiger partial charge is 0.165 e. The second-order valence-corrected chi connectivity index (χ2v) is 5.02. The van der Waals surface area contributed by atoms with Gasteiger partial charge in [0.2, 0.25) is 0 Å². The van der Waals surface area contributed by atoms with Crippen LogP contribution in [0.3, 0.4) is 0 Å². The first kappa shape index (κ1) is 13.9. The highest BCUT2D eigenvalue weighted by molar-refractivity contribution is 7.14. The summed E-state index contributed by atoms with van der Waals surface area (Å²) >= 11 is 1.49. The maximum atomic E-state index is 13.6. The van der Waals surface area contributed by atoms with Crippen molar-refractivity contribution in [3.63, 3.8) is 0 Å². The van der Waals surface area contributed by atoms with Crippen molar-refractivity contribution in [1.82, 2.24) is 15.5 Å². The molecule has 0 atom stereocenters. The molecule has 102 valence electrons. The zero-order chi connectivity index (χ0) is 13.7. The van der Waals surface area contributed by atoms with E-state index in [1.807, 2.05) is 0 Å². The van der Waals surface area contributed by atoms with Crippen LogP contribution in [0, 0.1) is 5.82 Å². The first-order valence-electron chi connectivity index (χ1n) is 6.11. The van der Waals surface area contributed by atoms with Gasteiger partial charge in [0.1, 0.15) is 10.0 Å². The second kappa shape index (κ2) is 6.58. The van der Waals surface area contributed by atoms with Gasteiger partial charge in [-0.1, -0.05) is 18.3 Å². The average molecular weight is 281 g/mol. The van der Waals surface area contributed by atoms with Gasteiger partial charge in [-0.15, -0.1) is 10.2 Å². The highest BCUT2D eigenvalue weighted by atomic mass is 32.1. The summed E-state index contributed by atoms with van der Waals surface area (Å²) < 4.78 is 18.5. The van der Waals surface area contributed by atoms with Crippen molar-refractivity contribution >= 4 is 11.3 Å². The lowest BCUT2D eigenvalue weighted by molar-refractivity contribution is 0.386. The molecule has 2 aromatic rings. The number of hydrogen-bond acceptors (Lipinski definition) is 5. The number of hydrogen-bond donors (Lipinski definition) is 1. The van der Waals surface area contributed by atoms with Crippen molar-refractivity contribution in [2.24, 2.45) is 0 Å². The highest BCUT2D eigenvalue weighted by Gasteiger charge is 2.10. The Bertz CT molecular complexity index is 544. The van der Waals surface area contributed by atoms with E-state index in [0.29, 0.717) is 0 Å². The van der Waals surface area contributed by atoms with Crippen molar-refractivity contribution < 1.29 is 9.13 Å². The number of benzene rings is 1. The summed E-state index contributed by atoms with van der Waals surface area (Å²) in [4.78, 5) is 0. The molecule has 4 nitrogen and oxygen atoms in total. The van der Waals surface area contributed by atoms with Crippen LogP contribution in [0.15, 0.2) is 18.2 Å². The third-order valence-electron chi connectivity index (χ3n) is 2.63. The third kappa shape index (κ3) is 3.48. The number of nitrogens with one attached hydrogen (secondary N) is 1. The van der Waals surface area contributed by atoms with Gasteiger partial charge in [-0.2, -0.15) is 0 Å². The van der Waals surface area contributed by atoms with Crippen LogP contribution in [-0.2, 0) is 6.42 Å². The van der Waals surface area contributed by atoms with Gasteiger partial charge < -0.3 is 10.1 Å². The fourth-order valence-electron chi connectivity index (χ4n) is 1.64. The zero-order valence-electron chi connectivity index (χ0n) is 10.9. The van der Waals surface area contributed by atoms with Gasteiger partial charge in [-0.05, 0) is 24.7 Å². The molecule has 0 aliphatic heterocycles. The normalized spacial score (nSPS) is 10.7. The third-order valence-corrected chi connectivity index (χ3v) is 3.66. The van der Waals surface area contributed by atoms with Gasteiger partial charge in [-0.25, -0.2) is 4.39 Å². The minimum Gasteiger partial charge on any atom is -0.494 e. The number of methoxy groups -OCH3 is 1. The summed E-state index contributed by atoms with van der Waals surface area (Å²) in [6, 6.07) is 4.81. The lowest BCUT2D eigenvalue weighted by atomic mass is 10.2. The Hall–Kier alpha value is -1.53. The number of aromatic nitrogens is 2. The first-order chi connectivity index (χ1) is 9.24. The van der Waals surface area contributed by atoms with E-state index >= 15 is 0 Å². The summed E-state index contributed by atoms with van der Waals surface area (Å²) in [5.41, 5.74) is 0.727. The SMILES string of the molecule is CCNCCc1nnc(-c2ccc(OC)c(F)c2)s1. The highest BCUT2D eigenvalue weighted by Crippen LogP contribution is 2.27. The summed E-state index contributed by atoms with van der Waals surface area (Å²) in [6.45, 7) is 3.88. The standard InChI is InChI=1S/C13H16FN3OS/c1-3-15-7-6-12-16-17-13(19-12)9-4-5-11(18-2)10(14)8-9/h4-5,8,15H,3,6-7H2,1-2H3. The van der Waals surface area contributed by atoms with Gasteiger partial charge in [-0.3, -0.25) is 0 Å². The van der Waals surface area contributed by atoms with Gasteiger partial charge in [0.15, 0.2) is 11.6 Å². The molecule has 2 rings (SSSR count). The largest absolute Gasteiger partial charge is 0.494 e. The van der Waals surface area contributed by atoms with E-state index in [9.17, 15) is 4.39 Å². The Morgan fingerprint density at radius 1 is 1.37 bits per heavy atom. The molecular weight excluding hydrogens is 265 g/mol. The minimum absolute atomic E-state index is 0.237.